The fourth-order valence-corrected chi connectivity index (χ4v) is 7.12. The van der Waals surface area contributed by atoms with E-state index in [1.807, 2.05) is 31.2 Å². The van der Waals surface area contributed by atoms with Crippen molar-refractivity contribution in [1.29, 1.82) is 0 Å². The van der Waals surface area contributed by atoms with E-state index in [0.29, 0.717) is 6.42 Å². The number of sulfonamides is 1. The average molecular weight is 512 g/mol. The summed E-state index contributed by atoms with van der Waals surface area (Å²) in [6.07, 6.45) is 1.41. The Hall–Kier alpha value is -1.35. The van der Waals surface area contributed by atoms with Gasteiger partial charge in [-0.15, -0.1) is 0 Å². The Bertz CT molecular complexity index is 994. The van der Waals surface area contributed by atoms with Gasteiger partial charge in [-0.2, -0.15) is 16.1 Å². The van der Waals surface area contributed by atoms with Crippen molar-refractivity contribution in [2.75, 3.05) is 12.3 Å². The summed E-state index contributed by atoms with van der Waals surface area (Å²) in [6.45, 7) is 3.92. The van der Waals surface area contributed by atoms with Crippen LogP contribution in [0.25, 0.3) is 0 Å². The summed E-state index contributed by atoms with van der Waals surface area (Å²) in [6, 6.07) is 13.9. The minimum atomic E-state index is -3.85. The van der Waals surface area contributed by atoms with Gasteiger partial charge in [-0.1, -0.05) is 52.7 Å². The fourth-order valence-electron chi connectivity index (χ4n) is 3.76. The van der Waals surface area contributed by atoms with Gasteiger partial charge in [0.15, 0.2) is 0 Å². The van der Waals surface area contributed by atoms with Crippen molar-refractivity contribution in [2.45, 2.75) is 42.9 Å². The third-order valence-electron chi connectivity index (χ3n) is 5.34. The highest BCUT2D eigenvalue weighted by Gasteiger charge is 2.45. The maximum absolute atomic E-state index is 13.6. The Labute approximate surface area is 191 Å². The Morgan fingerprint density at radius 3 is 2.53 bits per heavy atom. The first kappa shape index (κ1) is 23.3. The van der Waals surface area contributed by atoms with Crippen LogP contribution >= 0.6 is 27.7 Å². The summed E-state index contributed by atoms with van der Waals surface area (Å²) in [5.74, 6) is -0.838. The molecule has 0 amide bonds. The second-order valence-corrected chi connectivity index (χ2v) is 11.7. The molecule has 30 heavy (non-hydrogen) atoms. The van der Waals surface area contributed by atoms with Crippen LogP contribution < -0.4 is 0 Å². The van der Waals surface area contributed by atoms with Crippen LogP contribution in [0.3, 0.4) is 0 Å². The number of carboxylic acid groups (broad SMARTS) is 1. The van der Waals surface area contributed by atoms with E-state index in [9.17, 15) is 18.3 Å². The minimum Gasteiger partial charge on any atom is -0.481 e. The molecule has 1 heterocycles. The molecule has 1 saturated heterocycles. The summed E-state index contributed by atoms with van der Waals surface area (Å²) < 4.78 is 29.4. The highest BCUT2D eigenvalue weighted by atomic mass is 79.9. The Balaban J connectivity index is 2.06. The number of carbonyl (C=O) groups is 1. The summed E-state index contributed by atoms with van der Waals surface area (Å²) in [4.78, 5) is 12.2. The van der Waals surface area contributed by atoms with Gasteiger partial charge in [0.2, 0.25) is 10.0 Å². The molecule has 0 radical (unpaired) electrons. The van der Waals surface area contributed by atoms with E-state index in [1.54, 1.807) is 36.0 Å². The monoisotopic (exact) mass is 511 g/mol. The lowest BCUT2D eigenvalue weighted by molar-refractivity contribution is -0.143. The molecule has 3 atom stereocenters. The fraction of sp³-hybridized carbons (Fsp3) is 0.409. The van der Waals surface area contributed by atoms with Crippen LogP contribution in [0.1, 0.15) is 36.9 Å². The van der Waals surface area contributed by atoms with Crippen molar-refractivity contribution in [3.05, 3.63) is 64.1 Å². The van der Waals surface area contributed by atoms with Crippen molar-refractivity contribution < 1.29 is 18.3 Å². The topological polar surface area (TPSA) is 74.7 Å². The van der Waals surface area contributed by atoms with Gasteiger partial charge in [0, 0.05) is 16.3 Å². The maximum Gasteiger partial charge on any atom is 0.308 e. The van der Waals surface area contributed by atoms with Gasteiger partial charge in [-0.05, 0) is 55.3 Å². The molecule has 2 aromatic carbocycles. The third-order valence-corrected chi connectivity index (χ3v) is 9.32. The molecule has 5 nitrogen and oxygen atoms in total. The van der Waals surface area contributed by atoms with E-state index in [0.717, 1.165) is 27.8 Å². The number of hydrogen-bond donors (Lipinski definition) is 1. The maximum atomic E-state index is 13.6. The number of aliphatic carboxylic acids is 1. The molecule has 1 N–H and O–H groups in total. The van der Waals surface area contributed by atoms with E-state index in [-0.39, 0.29) is 16.7 Å². The molecule has 1 fully saturated rings. The van der Waals surface area contributed by atoms with Crippen LogP contribution in [0.4, 0.5) is 0 Å². The number of rotatable bonds is 7. The second kappa shape index (κ2) is 9.85. The average Bonchev–Trinajstić information content (AvgIpc) is 2.71. The molecule has 0 aliphatic carbocycles. The minimum absolute atomic E-state index is 0.0376. The first-order chi connectivity index (χ1) is 14.2. The van der Waals surface area contributed by atoms with Crippen molar-refractivity contribution in [3.8, 4) is 0 Å². The van der Waals surface area contributed by atoms with Crippen LogP contribution in [-0.4, -0.2) is 41.3 Å². The van der Waals surface area contributed by atoms with Gasteiger partial charge in [0.05, 0.1) is 16.9 Å². The van der Waals surface area contributed by atoms with Gasteiger partial charge in [0.25, 0.3) is 0 Å². The standard InChI is InChI=1S/C22H26BrNO4S2/c1-3-11-29-21-13-20(16-5-4-6-17(23)12-16)24(14-19(21)22(25)26)30(27,28)18-9-7-15(2)8-10-18/h4-10,12,19-21H,3,11,13-14H2,1-2H3,(H,25,26)/t19-,20+,21-/m1/s1. The largest absolute Gasteiger partial charge is 0.481 e. The number of thioether (sulfide) groups is 1. The Kier molecular flexibility index (Phi) is 7.66. The molecule has 2 aromatic rings. The SMILES string of the molecule is CCCS[C@@H]1C[C@@H](c2cccc(Br)c2)N(S(=O)(=O)c2ccc(C)cc2)C[C@H]1C(=O)O. The zero-order valence-electron chi connectivity index (χ0n) is 17.0. The predicted octanol–water partition coefficient (Wildman–Crippen LogP) is 5.11. The molecule has 8 heteroatoms. The highest BCUT2D eigenvalue weighted by Crippen LogP contribution is 2.42. The Morgan fingerprint density at radius 1 is 1.23 bits per heavy atom. The number of carboxylic acids is 1. The molecule has 0 aromatic heterocycles. The molecule has 0 spiro atoms. The van der Waals surface area contributed by atoms with Crippen molar-refractivity contribution >= 4 is 43.7 Å². The molecule has 1 aliphatic rings. The van der Waals surface area contributed by atoms with Crippen LogP contribution in [-0.2, 0) is 14.8 Å². The molecule has 0 unspecified atom stereocenters. The van der Waals surface area contributed by atoms with E-state index in [2.05, 4.69) is 22.9 Å². The molecule has 162 valence electrons. The van der Waals surface area contributed by atoms with E-state index in [1.165, 1.54) is 4.31 Å². The zero-order valence-corrected chi connectivity index (χ0v) is 20.2. The van der Waals surface area contributed by atoms with Gasteiger partial charge in [-0.25, -0.2) is 8.42 Å². The van der Waals surface area contributed by atoms with Crippen molar-refractivity contribution in [1.82, 2.24) is 4.31 Å². The normalized spacial score (nSPS) is 22.7. The first-order valence-electron chi connectivity index (χ1n) is 9.92. The molecular weight excluding hydrogens is 486 g/mol. The summed E-state index contributed by atoms with van der Waals surface area (Å²) in [5, 5.41) is 9.71. The lowest BCUT2D eigenvalue weighted by Gasteiger charge is -2.41. The molecule has 0 saturated carbocycles. The smallest absolute Gasteiger partial charge is 0.308 e. The van der Waals surface area contributed by atoms with Gasteiger partial charge < -0.3 is 5.11 Å². The van der Waals surface area contributed by atoms with Gasteiger partial charge >= 0.3 is 5.97 Å². The second-order valence-electron chi connectivity index (χ2n) is 7.55. The van der Waals surface area contributed by atoms with E-state index < -0.39 is 28.0 Å². The number of benzene rings is 2. The number of hydrogen-bond acceptors (Lipinski definition) is 4. The number of nitrogens with zero attached hydrogens (tertiary/aromatic N) is 1. The van der Waals surface area contributed by atoms with E-state index >= 15 is 0 Å². The predicted molar refractivity (Wildman–Crippen MR) is 124 cm³/mol. The van der Waals surface area contributed by atoms with Crippen LogP contribution in [0, 0.1) is 12.8 Å². The van der Waals surface area contributed by atoms with Crippen molar-refractivity contribution in [2.24, 2.45) is 5.92 Å². The quantitative estimate of drug-likeness (QED) is 0.559. The zero-order chi connectivity index (χ0) is 21.9. The molecule has 1 aliphatic heterocycles. The van der Waals surface area contributed by atoms with Crippen LogP contribution in [0.15, 0.2) is 57.9 Å². The summed E-state index contributed by atoms with van der Waals surface area (Å²) in [5.41, 5.74) is 1.83. The molecule has 3 rings (SSSR count). The number of halogens is 1. The van der Waals surface area contributed by atoms with Crippen LogP contribution in [0.2, 0.25) is 0 Å². The third kappa shape index (κ3) is 5.10. The highest BCUT2D eigenvalue weighted by molar-refractivity contribution is 9.10. The van der Waals surface area contributed by atoms with Gasteiger partial charge in [-0.3, -0.25) is 4.79 Å². The lowest BCUT2D eigenvalue weighted by atomic mass is 9.90. The summed E-state index contributed by atoms with van der Waals surface area (Å²) >= 11 is 5.11. The number of aryl methyl sites for hydroxylation is 1. The Morgan fingerprint density at radius 2 is 1.93 bits per heavy atom. The lowest BCUT2D eigenvalue weighted by Crippen LogP contribution is -2.49. The van der Waals surface area contributed by atoms with Crippen molar-refractivity contribution in [3.63, 3.8) is 0 Å². The first-order valence-corrected chi connectivity index (χ1v) is 13.2. The van der Waals surface area contributed by atoms with E-state index in [4.69, 9.17) is 0 Å². The van der Waals surface area contributed by atoms with Crippen LogP contribution in [0.5, 0.6) is 0 Å². The molecule has 0 bridgehead atoms. The molecular formula is C22H26BrNO4S2. The van der Waals surface area contributed by atoms with Gasteiger partial charge in [0.1, 0.15) is 0 Å². The number of piperidine rings is 1. The summed E-state index contributed by atoms with van der Waals surface area (Å²) in [7, 11) is -3.85.